The second-order valence-electron chi connectivity index (χ2n) is 4.48. The molecule has 1 unspecified atom stereocenters. The number of aromatic nitrogens is 2. The minimum absolute atomic E-state index is 0.0317. The average molecular weight is 263 g/mol. The minimum Gasteiger partial charge on any atom is -0.457 e. The van der Waals surface area contributed by atoms with Crippen molar-refractivity contribution >= 4 is 28.8 Å². The van der Waals surface area contributed by atoms with Crippen molar-refractivity contribution in [2.75, 3.05) is 5.75 Å². The largest absolute Gasteiger partial charge is 0.457 e. The number of para-hydroxylation sites is 2. The highest BCUT2D eigenvalue weighted by atomic mass is 32.2. The van der Waals surface area contributed by atoms with E-state index in [9.17, 15) is 4.79 Å². The fourth-order valence-corrected chi connectivity index (χ4v) is 3.57. The molecule has 18 heavy (non-hydrogen) atoms. The summed E-state index contributed by atoms with van der Waals surface area (Å²) in [6.45, 7) is 2.21. The molecule has 3 rings (SSSR count). The lowest BCUT2D eigenvalue weighted by Crippen LogP contribution is -2.35. The van der Waals surface area contributed by atoms with Crippen molar-refractivity contribution in [2.45, 2.75) is 24.7 Å². The first-order valence-electron chi connectivity index (χ1n) is 5.94. The number of ether oxygens (including phenoxy) is 1. The summed E-state index contributed by atoms with van der Waals surface area (Å²) in [7, 11) is 2.08. The average Bonchev–Trinajstić information content (AvgIpc) is 2.63. The standard InChI is InChI=1S/C13H15N2O2S/c1-9(16)17-10-7-15-12-6-4-3-5-11(12)14(2)13(15)18-8-10/h3-6,10H,7-8H2,1-2H3/q+1. The number of esters is 1. The number of thioether (sulfide) groups is 1. The molecule has 2 aromatic rings. The number of benzene rings is 1. The van der Waals surface area contributed by atoms with Gasteiger partial charge in [-0.2, -0.15) is 0 Å². The summed E-state index contributed by atoms with van der Waals surface area (Å²) in [5, 5.41) is 1.22. The smallest absolute Gasteiger partial charge is 0.319 e. The Hall–Kier alpha value is -1.49. The van der Waals surface area contributed by atoms with Crippen LogP contribution in [0.3, 0.4) is 0 Å². The van der Waals surface area contributed by atoms with Gasteiger partial charge in [0.25, 0.3) is 0 Å². The molecule has 1 aliphatic heterocycles. The zero-order valence-corrected chi connectivity index (χ0v) is 11.2. The van der Waals surface area contributed by atoms with Crippen LogP contribution >= 0.6 is 11.8 Å². The summed E-state index contributed by atoms with van der Waals surface area (Å²) < 4.78 is 9.75. The van der Waals surface area contributed by atoms with Gasteiger partial charge in [0.15, 0.2) is 11.0 Å². The van der Waals surface area contributed by atoms with E-state index >= 15 is 0 Å². The summed E-state index contributed by atoms with van der Waals surface area (Å²) in [5.74, 6) is 0.619. The Morgan fingerprint density at radius 2 is 2.28 bits per heavy atom. The number of nitrogens with zero attached hydrogens (tertiary/aromatic N) is 2. The van der Waals surface area contributed by atoms with Crippen molar-refractivity contribution < 1.29 is 14.1 Å². The Bertz CT molecular complexity index is 621. The van der Waals surface area contributed by atoms with Crippen molar-refractivity contribution in [2.24, 2.45) is 7.05 Å². The van der Waals surface area contributed by atoms with Gasteiger partial charge in [-0.05, 0) is 23.9 Å². The molecule has 0 bridgehead atoms. The van der Waals surface area contributed by atoms with Crippen molar-refractivity contribution in [3.05, 3.63) is 24.3 Å². The molecule has 94 valence electrons. The van der Waals surface area contributed by atoms with Crippen LogP contribution in [0.5, 0.6) is 0 Å². The number of fused-ring (bicyclic) bond motifs is 3. The monoisotopic (exact) mass is 263 g/mol. The second kappa shape index (κ2) is 4.31. The van der Waals surface area contributed by atoms with E-state index in [0.717, 1.165) is 12.3 Å². The number of carbonyl (C=O) groups is 1. The maximum Gasteiger partial charge on any atom is 0.319 e. The van der Waals surface area contributed by atoms with E-state index < -0.39 is 0 Å². The van der Waals surface area contributed by atoms with Gasteiger partial charge in [-0.3, -0.25) is 4.79 Å². The molecule has 1 aromatic heterocycles. The van der Waals surface area contributed by atoms with Crippen molar-refractivity contribution in [3.8, 4) is 0 Å². The Morgan fingerprint density at radius 1 is 1.50 bits per heavy atom. The zero-order valence-electron chi connectivity index (χ0n) is 10.4. The van der Waals surface area contributed by atoms with E-state index in [4.69, 9.17) is 4.74 Å². The summed E-state index contributed by atoms with van der Waals surface area (Å²) >= 11 is 1.74. The van der Waals surface area contributed by atoms with Crippen molar-refractivity contribution in [3.63, 3.8) is 0 Å². The number of aryl methyl sites for hydroxylation is 1. The molecule has 1 aromatic carbocycles. The van der Waals surface area contributed by atoms with Crippen LogP contribution in [-0.4, -0.2) is 22.4 Å². The molecule has 4 nitrogen and oxygen atoms in total. The van der Waals surface area contributed by atoms with Gasteiger partial charge < -0.3 is 4.74 Å². The van der Waals surface area contributed by atoms with Crippen LogP contribution < -0.4 is 4.57 Å². The molecule has 2 heterocycles. The van der Waals surface area contributed by atoms with E-state index in [1.165, 1.54) is 23.1 Å². The summed E-state index contributed by atoms with van der Waals surface area (Å²) in [6.07, 6.45) is -0.0317. The molecule has 0 saturated heterocycles. The highest BCUT2D eigenvalue weighted by molar-refractivity contribution is 7.99. The second-order valence-corrected chi connectivity index (χ2v) is 5.47. The van der Waals surface area contributed by atoms with Gasteiger partial charge in [-0.1, -0.05) is 12.1 Å². The van der Waals surface area contributed by atoms with Gasteiger partial charge in [0.2, 0.25) is 0 Å². The predicted molar refractivity (Wildman–Crippen MR) is 69.4 cm³/mol. The summed E-state index contributed by atoms with van der Waals surface area (Å²) in [6, 6.07) is 8.30. The first kappa shape index (κ1) is 11.6. The molecule has 1 aliphatic rings. The van der Waals surface area contributed by atoms with Crippen LogP contribution in [0.15, 0.2) is 29.4 Å². The van der Waals surface area contributed by atoms with Gasteiger partial charge in [-0.25, -0.2) is 9.13 Å². The first-order valence-corrected chi connectivity index (χ1v) is 6.92. The molecule has 0 saturated carbocycles. The Kier molecular flexibility index (Phi) is 2.78. The normalized spacial score (nSPS) is 18.7. The minimum atomic E-state index is -0.204. The molecule has 0 amide bonds. The van der Waals surface area contributed by atoms with Crippen molar-refractivity contribution in [1.82, 2.24) is 4.57 Å². The van der Waals surface area contributed by atoms with Gasteiger partial charge in [0, 0.05) is 12.7 Å². The number of rotatable bonds is 1. The predicted octanol–water partition coefficient (Wildman–Crippen LogP) is 1.50. The molecule has 0 fully saturated rings. The molecule has 0 N–H and O–H groups in total. The van der Waals surface area contributed by atoms with Crippen LogP contribution in [0.4, 0.5) is 0 Å². The molecule has 0 radical (unpaired) electrons. The van der Waals surface area contributed by atoms with E-state index in [2.05, 4.69) is 28.3 Å². The lowest BCUT2D eigenvalue weighted by Gasteiger charge is -2.19. The number of hydrogen-bond donors (Lipinski definition) is 0. The molecular weight excluding hydrogens is 248 g/mol. The third-order valence-corrected chi connectivity index (χ3v) is 4.46. The zero-order chi connectivity index (χ0) is 12.7. The number of carbonyl (C=O) groups excluding carboxylic acids is 1. The summed E-state index contributed by atoms with van der Waals surface area (Å²) in [4.78, 5) is 11.0. The van der Waals surface area contributed by atoms with E-state index in [-0.39, 0.29) is 12.1 Å². The fourth-order valence-electron chi connectivity index (χ4n) is 2.44. The Balaban J connectivity index is 2.04. The fraction of sp³-hybridized carbons (Fsp3) is 0.385. The molecule has 1 atom stereocenters. The molecule has 5 heteroatoms. The number of imidazole rings is 1. The van der Waals surface area contributed by atoms with Crippen LogP contribution in [0.2, 0.25) is 0 Å². The summed E-state index contributed by atoms with van der Waals surface area (Å²) in [5.41, 5.74) is 2.41. The van der Waals surface area contributed by atoms with Gasteiger partial charge in [0.05, 0.1) is 7.05 Å². The van der Waals surface area contributed by atoms with Gasteiger partial charge >= 0.3 is 11.1 Å². The highest BCUT2D eigenvalue weighted by Crippen LogP contribution is 2.28. The van der Waals surface area contributed by atoms with Crippen LogP contribution in [0.25, 0.3) is 11.0 Å². The Morgan fingerprint density at radius 3 is 3.06 bits per heavy atom. The van der Waals surface area contributed by atoms with Gasteiger partial charge in [0.1, 0.15) is 12.6 Å². The van der Waals surface area contributed by atoms with Crippen molar-refractivity contribution in [1.29, 1.82) is 0 Å². The van der Waals surface area contributed by atoms with Crippen LogP contribution in [0, 0.1) is 0 Å². The number of hydrogen-bond acceptors (Lipinski definition) is 3. The molecular formula is C13H15N2O2S+. The lowest BCUT2D eigenvalue weighted by atomic mass is 10.3. The topological polar surface area (TPSA) is 35.1 Å². The lowest BCUT2D eigenvalue weighted by molar-refractivity contribution is -0.685. The van der Waals surface area contributed by atoms with Crippen LogP contribution in [-0.2, 0) is 23.1 Å². The first-order chi connectivity index (χ1) is 8.66. The molecule has 0 spiro atoms. The third-order valence-electron chi connectivity index (χ3n) is 3.17. The maximum atomic E-state index is 11.0. The SMILES string of the molecule is CC(=O)OC1CSc2n(c3ccccc3[n+]2C)C1. The molecule has 0 aliphatic carbocycles. The third kappa shape index (κ3) is 1.79. The van der Waals surface area contributed by atoms with Gasteiger partial charge in [-0.15, -0.1) is 0 Å². The van der Waals surface area contributed by atoms with Crippen LogP contribution in [0.1, 0.15) is 6.92 Å². The Labute approximate surface area is 110 Å². The van der Waals surface area contributed by atoms with E-state index in [1.54, 1.807) is 11.8 Å². The maximum absolute atomic E-state index is 11.0. The quantitative estimate of drug-likeness (QED) is 0.578. The van der Waals surface area contributed by atoms with E-state index in [0.29, 0.717) is 0 Å². The van der Waals surface area contributed by atoms with E-state index in [1.807, 2.05) is 12.1 Å². The highest BCUT2D eigenvalue weighted by Gasteiger charge is 2.32.